The molecule has 4 N–H and O–H groups in total. The second-order valence-electron chi connectivity index (χ2n) is 6.28. The third kappa shape index (κ3) is 7.79. The summed E-state index contributed by atoms with van der Waals surface area (Å²) in [6.07, 6.45) is 0.476. The van der Waals surface area contributed by atoms with Gasteiger partial charge in [0.1, 0.15) is 11.4 Å². The van der Waals surface area contributed by atoms with E-state index in [1.807, 2.05) is 0 Å². The number of ether oxygens (including phenoxy) is 1. The van der Waals surface area contributed by atoms with Gasteiger partial charge in [-0.15, -0.1) is 0 Å². The molecule has 0 aliphatic heterocycles. The highest BCUT2D eigenvalue weighted by atomic mass is 32.2. The van der Waals surface area contributed by atoms with Gasteiger partial charge in [0.2, 0.25) is 15.9 Å². The number of nitro benzene ring substituents is 1. The molecular weight excluding hydrogens is 438 g/mol. The molecule has 2 aromatic rings. The van der Waals surface area contributed by atoms with Gasteiger partial charge in [0.05, 0.1) is 9.82 Å². The van der Waals surface area contributed by atoms with Crippen LogP contribution in [0.1, 0.15) is 12.0 Å². The van der Waals surface area contributed by atoms with Gasteiger partial charge >= 0.3 is 6.61 Å². The van der Waals surface area contributed by atoms with Crippen LogP contribution in [0.2, 0.25) is 0 Å². The second kappa shape index (κ2) is 10.6. The van der Waals surface area contributed by atoms with Crippen molar-refractivity contribution in [3.63, 3.8) is 0 Å². The number of rotatable bonds is 11. The SMILES string of the molecule is NS(=O)(=O)c1ccc(NCCC(=O)NCCc2ccc(OC(F)F)cc2)c([N+](=O)[O-])c1. The van der Waals surface area contributed by atoms with Crippen LogP contribution >= 0.6 is 0 Å². The molecular formula is C18H20F2N4O6S. The largest absolute Gasteiger partial charge is 0.435 e. The highest BCUT2D eigenvalue weighted by molar-refractivity contribution is 7.89. The van der Waals surface area contributed by atoms with E-state index in [1.54, 1.807) is 12.1 Å². The van der Waals surface area contributed by atoms with Gasteiger partial charge in [-0.3, -0.25) is 14.9 Å². The van der Waals surface area contributed by atoms with Gasteiger partial charge in [0.15, 0.2) is 0 Å². The summed E-state index contributed by atoms with van der Waals surface area (Å²) in [5.74, 6) is -0.269. The summed E-state index contributed by atoms with van der Waals surface area (Å²) < 4.78 is 51.1. The lowest BCUT2D eigenvalue weighted by atomic mass is 10.1. The van der Waals surface area contributed by atoms with Crippen LogP contribution in [0, 0.1) is 10.1 Å². The molecule has 0 radical (unpaired) electrons. The first kappa shape index (κ1) is 24.0. The smallest absolute Gasteiger partial charge is 0.387 e. The number of nitrogens with zero attached hydrogens (tertiary/aromatic N) is 1. The Hall–Kier alpha value is -3.32. The molecule has 0 saturated heterocycles. The van der Waals surface area contributed by atoms with Crippen molar-refractivity contribution in [2.24, 2.45) is 5.14 Å². The fourth-order valence-electron chi connectivity index (χ4n) is 2.57. The van der Waals surface area contributed by atoms with Crippen molar-refractivity contribution in [2.45, 2.75) is 24.3 Å². The van der Waals surface area contributed by atoms with E-state index in [1.165, 1.54) is 18.2 Å². The van der Waals surface area contributed by atoms with Crippen molar-refractivity contribution in [3.8, 4) is 5.75 Å². The van der Waals surface area contributed by atoms with Gasteiger partial charge in [0.25, 0.3) is 5.69 Å². The Labute approximate surface area is 176 Å². The van der Waals surface area contributed by atoms with Crippen molar-refractivity contribution in [1.82, 2.24) is 5.32 Å². The molecule has 31 heavy (non-hydrogen) atoms. The Bertz CT molecular complexity index is 1030. The average Bonchev–Trinajstić information content (AvgIpc) is 2.68. The summed E-state index contributed by atoms with van der Waals surface area (Å²) in [6.45, 7) is -2.52. The van der Waals surface area contributed by atoms with E-state index in [9.17, 15) is 32.1 Å². The minimum atomic E-state index is -4.09. The number of hydrogen-bond donors (Lipinski definition) is 3. The van der Waals surface area contributed by atoms with Crippen molar-refractivity contribution < 1.29 is 31.7 Å². The maximum atomic E-state index is 12.1. The number of amides is 1. The van der Waals surface area contributed by atoms with Gasteiger partial charge in [0, 0.05) is 25.6 Å². The standard InChI is InChI=1S/C18H20F2N4O6S/c19-18(20)30-13-3-1-12(2-4-13)7-9-23-17(25)8-10-22-15-6-5-14(31(21,28)29)11-16(15)24(26)27/h1-6,11,18,22H,7-10H2,(H,23,25)(H2,21,28,29). The van der Waals surface area contributed by atoms with Crippen LogP contribution in [-0.2, 0) is 21.2 Å². The zero-order valence-electron chi connectivity index (χ0n) is 16.1. The summed E-state index contributed by atoms with van der Waals surface area (Å²) in [5, 5.41) is 21.5. The summed E-state index contributed by atoms with van der Waals surface area (Å²) in [5.41, 5.74) is 0.383. The summed E-state index contributed by atoms with van der Waals surface area (Å²) in [6, 6.07) is 9.20. The van der Waals surface area contributed by atoms with Gasteiger partial charge in [-0.05, 0) is 36.2 Å². The molecule has 0 aromatic heterocycles. The van der Waals surface area contributed by atoms with E-state index in [4.69, 9.17) is 5.14 Å². The third-order valence-electron chi connectivity index (χ3n) is 4.05. The van der Waals surface area contributed by atoms with Crippen molar-refractivity contribution >= 4 is 27.3 Å². The lowest BCUT2D eigenvalue weighted by Gasteiger charge is -2.09. The van der Waals surface area contributed by atoms with Crippen LogP contribution in [0.25, 0.3) is 0 Å². The van der Waals surface area contributed by atoms with E-state index < -0.39 is 32.1 Å². The number of nitrogens with two attached hydrogens (primary N) is 1. The average molecular weight is 458 g/mol. The molecule has 0 unspecified atom stereocenters. The zero-order valence-corrected chi connectivity index (χ0v) is 16.9. The Morgan fingerprint density at radius 3 is 2.42 bits per heavy atom. The predicted octanol–water partition coefficient (Wildman–Crippen LogP) is 2.00. The summed E-state index contributed by atoms with van der Waals surface area (Å²) >= 11 is 0. The van der Waals surface area contributed by atoms with E-state index >= 15 is 0 Å². The summed E-state index contributed by atoms with van der Waals surface area (Å²) in [4.78, 5) is 21.9. The molecule has 2 aromatic carbocycles. The molecule has 168 valence electrons. The lowest BCUT2D eigenvalue weighted by Crippen LogP contribution is -2.27. The Balaban J connectivity index is 1.80. The quantitative estimate of drug-likeness (QED) is 0.344. The molecule has 0 fully saturated rings. The number of halogens is 2. The first-order valence-electron chi connectivity index (χ1n) is 8.92. The summed E-state index contributed by atoms with van der Waals surface area (Å²) in [7, 11) is -4.09. The molecule has 0 bridgehead atoms. The van der Waals surface area contributed by atoms with Gasteiger partial charge in [-0.25, -0.2) is 13.6 Å². The van der Waals surface area contributed by atoms with E-state index in [0.29, 0.717) is 13.0 Å². The molecule has 0 atom stereocenters. The molecule has 0 aliphatic carbocycles. The molecule has 0 saturated carbocycles. The molecule has 2 rings (SSSR count). The molecule has 0 heterocycles. The zero-order chi connectivity index (χ0) is 23.0. The van der Waals surface area contributed by atoms with E-state index in [-0.39, 0.29) is 30.3 Å². The molecule has 1 amide bonds. The molecule has 13 heteroatoms. The number of hydrogen-bond acceptors (Lipinski definition) is 7. The van der Waals surface area contributed by atoms with Crippen molar-refractivity contribution in [1.29, 1.82) is 0 Å². The van der Waals surface area contributed by atoms with Crippen LogP contribution in [0.4, 0.5) is 20.2 Å². The monoisotopic (exact) mass is 458 g/mol. The van der Waals surface area contributed by atoms with Crippen LogP contribution < -0.4 is 20.5 Å². The lowest BCUT2D eigenvalue weighted by molar-refractivity contribution is -0.384. The van der Waals surface area contributed by atoms with Crippen molar-refractivity contribution in [3.05, 3.63) is 58.1 Å². The fourth-order valence-corrected chi connectivity index (χ4v) is 3.11. The predicted molar refractivity (Wildman–Crippen MR) is 107 cm³/mol. The number of anilines is 1. The third-order valence-corrected chi connectivity index (χ3v) is 4.96. The number of nitro groups is 1. The number of carbonyl (C=O) groups excluding carboxylic acids is 1. The molecule has 0 spiro atoms. The minimum Gasteiger partial charge on any atom is -0.435 e. The maximum Gasteiger partial charge on any atom is 0.387 e. The number of alkyl halides is 2. The first-order valence-corrected chi connectivity index (χ1v) is 10.5. The van der Waals surface area contributed by atoms with Gasteiger partial charge in [-0.2, -0.15) is 8.78 Å². The maximum absolute atomic E-state index is 12.1. The number of nitrogens with one attached hydrogen (secondary N) is 2. The van der Waals surface area contributed by atoms with Crippen LogP contribution in [0.5, 0.6) is 5.75 Å². The Kier molecular flexibility index (Phi) is 8.22. The van der Waals surface area contributed by atoms with Gasteiger partial charge in [-0.1, -0.05) is 12.1 Å². The highest BCUT2D eigenvalue weighted by Gasteiger charge is 2.19. The van der Waals surface area contributed by atoms with Crippen molar-refractivity contribution in [2.75, 3.05) is 18.4 Å². The highest BCUT2D eigenvalue weighted by Crippen LogP contribution is 2.27. The topological polar surface area (TPSA) is 154 Å². The number of sulfonamides is 1. The minimum absolute atomic E-state index is 0.00919. The second-order valence-corrected chi connectivity index (χ2v) is 7.84. The molecule has 0 aliphatic rings. The number of benzene rings is 2. The normalized spacial score (nSPS) is 11.2. The van der Waals surface area contributed by atoms with Gasteiger partial charge < -0.3 is 15.4 Å². The number of primary sulfonamides is 1. The van der Waals surface area contributed by atoms with Crippen LogP contribution in [-0.4, -0.2) is 38.9 Å². The fraction of sp³-hybridized carbons (Fsp3) is 0.278. The van der Waals surface area contributed by atoms with E-state index in [0.717, 1.165) is 17.7 Å². The Morgan fingerprint density at radius 1 is 1.16 bits per heavy atom. The van der Waals surface area contributed by atoms with Crippen LogP contribution in [0.3, 0.4) is 0 Å². The number of carbonyl (C=O) groups is 1. The molecule has 10 nitrogen and oxygen atoms in total. The Morgan fingerprint density at radius 2 is 1.84 bits per heavy atom. The van der Waals surface area contributed by atoms with E-state index in [2.05, 4.69) is 15.4 Å². The first-order chi connectivity index (χ1) is 14.6. The van der Waals surface area contributed by atoms with Crippen LogP contribution in [0.15, 0.2) is 47.4 Å².